The van der Waals surface area contributed by atoms with Gasteiger partial charge in [0.2, 0.25) is 0 Å². The summed E-state index contributed by atoms with van der Waals surface area (Å²) in [6.45, 7) is 10.1. The first-order valence-electron chi connectivity index (χ1n) is 5.13. The molecule has 0 spiro atoms. The predicted molar refractivity (Wildman–Crippen MR) is 57.6 cm³/mol. The molecule has 86 valence electrons. The molecule has 0 aromatic heterocycles. The van der Waals surface area contributed by atoms with E-state index in [4.69, 9.17) is 4.74 Å². The molecule has 0 saturated carbocycles. The third-order valence-electron chi connectivity index (χ3n) is 2.22. The molecule has 4 heteroatoms. The first kappa shape index (κ1) is 12.0. The molecule has 1 rings (SSSR count). The van der Waals surface area contributed by atoms with Crippen LogP contribution in [0.3, 0.4) is 0 Å². The van der Waals surface area contributed by atoms with Crippen LogP contribution in [0.2, 0.25) is 0 Å². The van der Waals surface area contributed by atoms with Crippen molar-refractivity contribution in [2.24, 2.45) is 0 Å². The van der Waals surface area contributed by atoms with E-state index >= 15 is 0 Å². The second-order valence-electron chi connectivity index (χ2n) is 4.85. The van der Waals surface area contributed by atoms with E-state index in [9.17, 15) is 9.90 Å². The largest absolute Gasteiger partial charge is 0.444 e. The van der Waals surface area contributed by atoms with Crippen LogP contribution in [-0.4, -0.2) is 40.9 Å². The van der Waals surface area contributed by atoms with Gasteiger partial charge in [-0.2, -0.15) is 0 Å². The van der Waals surface area contributed by atoms with Crippen LogP contribution < -0.4 is 0 Å². The molecule has 1 heterocycles. The van der Waals surface area contributed by atoms with E-state index < -0.39 is 11.7 Å². The number of carbonyl (C=O) groups is 1. The first-order valence-corrected chi connectivity index (χ1v) is 5.13. The maximum absolute atomic E-state index is 11.6. The van der Waals surface area contributed by atoms with E-state index in [-0.39, 0.29) is 12.6 Å². The minimum Gasteiger partial charge on any atom is -0.444 e. The SMILES string of the molecule is C=C1CCN(C(=O)OC(C)(C)C)C[C@H]1O. The maximum Gasteiger partial charge on any atom is 0.410 e. The predicted octanol–water partition coefficient (Wildman–Crippen LogP) is 1.54. The quantitative estimate of drug-likeness (QED) is 0.621. The number of hydrogen-bond acceptors (Lipinski definition) is 3. The number of β-amino-alcohol motifs (C(OH)–C–C–N with tert-alkyl or cyclic N) is 1. The van der Waals surface area contributed by atoms with Gasteiger partial charge in [0.15, 0.2) is 0 Å². The second-order valence-corrected chi connectivity index (χ2v) is 4.85. The molecule has 15 heavy (non-hydrogen) atoms. The van der Waals surface area contributed by atoms with Crippen molar-refractivity contribution < 1.29 is 14.6 Å². The molecule has 0 aromatic carbocycles. The zero-order valence-electron chi connectivity index (χ0n) is 9.62. The second kappa shape index (κ2) is 4.23. The van der Waals surface area contributed by atoms with Crippen molar-refractivity contribution in [1.82, 2.24) is 4.90 Å². The van der Waals surface area contributed by atoms with Crippen molar-refractivity contribution >= 4 is 6.09 Å². The molecule has 1 aliphatic rings. The zero-order valence-corrected chi connectivity index (χ0v) is 9.62. The van der Waals surface area contributed by atoms with Gasteiger partial charge in [-0.15, -0.1) is 0 Å². The van der Waals surface area contributed by atoms with Gasteiger partial charge in [0.25, 0.3) is 0 Å². The Morgan fingerprint density at radius 3 is 2.67 bits per heavy atom. The minimum absolute atomic E-state index is 0.285. The first-order chi connectivity index (χ1) is 6.79. The smallest absolute Gasteiger partial charge is 0.410 e. The number of ether oxygens (including phenoxy) is 1. The Bertz CT molecular complexity index is 267. The molecule has 4 nitrogen and oxygen atoms in total. The van der Waals surface area contributed by atoms with Gasteiger partial charge in [0.05, 0.1) is 12.6 Å². The fourth-order valence-electron chi connectivity index (χ4n) is 1.37. The summed E-state index contributed by atoms with van der Waals surface area (Å²) in [5.74, 6) is 0. The number of piperidine rings is 1. The summed E-state index contributed by atoms with van der Waals surface area (Å²) in [7, 11) is 0. The van der Waals surface area contributed by atoms with Gasteiger partial charge in [-0.05, 0) is 32.8 Å². The van der Waals surface area contributed by atoms with Gasteiger partial charge >= 0.3 is 6.09 Å². The van der Waals surface area contributed by atoms with Crippen molar-refractivity contribution in [3.8, 4) is 0 Å². The molecular formula is C11H19NO3. The molecule has 1 atom stereocenters. The van der Waals surface area contributed by atoms with Crippen LogP contribution in [0.25, 0.3) is 0 Å². The van der Waals surface area contributed by atoms with Gasteiger partial charge in [-0.3, -0.25) is 0 Å². The van der Waals surface area contributed by atoms with Crippen LogP contribution >= 0.6 is 0 Å². The van der Waals surface area contributed by atoms with Crippen LogP contribution in [0, 0.1) is 0 Å². The van der Waals surface area contributed by atoms with Crippen LogP contribution in [0.4, 0.5) is 4.79 Å². The molecule has 1 saturated heterocycles. The lowest BCUT2D eigenvalue weighted by Gasteiger charge is -2.33. The molecule has 0 radical (unpaired) electrons. The fourth-order valence-corrected chi connectivity index (χ4v) is 1.37. The van der Waals surface area contributed by atoms with Crippen LogP contribution in [0.15, 0.2) is 12.2 Å². The highest BCUT2D eigenvalue weighted by Crippen LogP contribution is 2.17. The Hall–Kier alpha value is -1.03. The standard InChI is InChI=1S/C11H19NO3/c1-8-5-6-12(7-9(8)13)10(14)15-11(2,3)4/h9,13H,1,5-7H2,2-4H3/t9-/m1/s1. The average molecular weight is 213 g/mol. The Morgan fingerprint density at radius 1 is 1.60 bits per heavy atom. The lowest BCUT2D eigenvalue weighted by atomic mass is 10.0. The minimum atomic E-state index is -0.619. The van der Waals surface area contributed by atoms with Crippen molar-refractivity contribution in [3.63, 3.8) is 0 Å². The number of rotatable bonds is 0. The van der Waals surface area contributed by atoms with Gasteiger partial charge in [0.1, 0.15) is 5.60 Å². The molecule has 0 aliphatic carbocycles. The summed E-state index contributed by atoms with van der Waals surface area (Å²) < 4.78 is 5.21. The van der Waals surface area contributed by atoms with Crippen molar-refractivity contribution in [3.05, 3.63) is 12.2 Å². The number of aliphatic hydroxyl groups is 1. The lowest BCUT2D eigenvalue weighted by molar-refractivity contribution is 0.0126. The average Bonchev–Trinajstić information content (AvgIpc) is 2.06. The van der Waals surface area contributed by atoms with Gasteiger partial charge in [0, 0.05) is 6.54 Å². The summed E-state index contributed by atoms with van der Waals surface area (Å²) >= 11 is 0. The van der Waals surface area contributed by atoms with Crippen LogP contribution in [-0.2, 0) is 4.74 Å². The van der Waals surface area contributed by atoms with E-state index in [1.807, 2.05) is 20.8 Å². The molecule has 1 N–H and O–H groups in total. The van der Waals surface area contributed by atoms with Crippen LogP contribution in [0.1, 0.15) is 27.2 Å². The van der Waals surface area contributed by atoms with Gasteiger partial charge in [-0.1, -0.05) is 6.58 Å². The third kappa shape index (κ3) is 3.55. The van der Waals surface area contributed by atoms with E-state index in [2.05, 4.69) is 6.58 Å². The van der Waals surface area contributed by atoms with Gasteiger partial charge in [-0.25, -0.2) is 4.79 Å². The fraction of sp³-hybridized carbons (Fsp3) is 0.727. The zero-order chi connectivity index (χ0) is 11.6. The number of nitrogens with zero attached hydrogens (tertiary/aromatic N) is 1. The highest BCUT2D eigenvalue weighted by Gasteiger charge is 2.28. The number of carbonyl (C=O) groups excluding carboxylic acids is 1. The molecule has 1 aliphatic heterocycles. The Balaban J connectivity index is 2.51. The Labute approximate surface area is 90.5 Å². The van der Waals surface area contributed by atoms with Crippen molar-refractivity contribution in [2.75, 3.05) is 13.1 Å². The summed E-state index contributed by atoms with van der Waals surface area (Å²) in [4.78, 5) is 13.1. The monoisotopic (exact) mass is 213 g/mol. The Kier molecular flexibility index (Phi) is 3.39. The summed E-state index contributed by atoms with van der Waals surface area (Å²) in [6, 6.07) is 0. The summed E-state index contributed by atoms with van der Waals surface area (Å²) in [6.07, 6.45) is -0.347. The number of amides is 1. The van der Waals surface area contributed by atoms with E-state index in [0.29, 0.717) is 13.0 Å². The summed E-state index contributed by atoms with van der Waals surface area (Å²) in [5.41, 5.74) is 0.297. The summed E-state index contributed by atoms with van der Waals surface area (Å²) in [5, 5.41) is 9.55. The topological polar surface area (TPSA) is 49.8 Å². The van der Waals surface area contributed by atoms with E-state index in [1.165, 1.54) is 4.90 Å². The number of likely N-dealkylation sites (tertiary alicyclic amines) is 1. The lowest BCUT2D eigenvalue weighted by Crippen LogP contribution is -2.45. The highest BCUT2D eigenvalue weighted by atomic mass is 16.6. The molecule has 1 fully saturated rings. The number of aliphatic hydroxyl groups excluding tert-OH is 1. The maximum atomic E-state index is 11.6. The normalized spacial score (nSPS) is 22.8. The molecule has 0 unspecified atom stereocenters. The van der Waals surface area contributed by atoms with E-state index in [0.717, 1.165) is 5.57 Å². The molecule has 1 amide bonds. The van der Waals surface area contributed by atoms with Crippen LogP contribution in [0.5, 0.6) is 0 Å². The Morgan fingerprint density at radius 2 is 2.20 bits per heavy atom. The third-order valence-corrected chi connectivity index (χ3v) is 2.22. The van der Waals surface area contributed by atoms with Crippen molar-refractivity contribution in [1.29, 1.82) is 0 Å². The highest BCUT2D eigenvalue weighted by molar-refractivity contribution is 5.68. The van der Waals surface area contributed by atoms with E-state index in [1.54, 1.807) is 0 Å². The molecular weight excluding hydrogens is 194 g/mol. The van der Waals surface area contributed by atoms with Crippen molar-refractivity contribution in [2.45, 2.75) is 38.9 Å². The number of hydrogen-bond donors (Lipinski definition) is 1. The van der Waals surface area contributed by atoms with Gasteiger partial charge < -0.3 is 14.7 Å². The molecule has 0 bridgehead atoms. The molecule has 0 aromatic rings.